The van der Waals surface area contributed by atoms with Crippen LogP contribution in [0.5, 0.6) is 0 Å². The summed E-state index contributed by atoms with van der Waals surface area (Å²) in [6.45, 7) is 8.42. The summed E-state index contributed by atoms with van der Waals surface area (Å²) in [5, 5.41) is 0. The number of ether oxygens (including phenoxy) is 1. The molecule has 1 aliphatic heterocycles. The molecule has 0 spiro atoms. The Morgan fingerprint density at radius 1 is 0.905 bits per heavy atom. The first-order valence-electron chi connectivity index (χ1n) is 9.34. The van der Waals surface area contributed by atoms with Gasteiger partial charge in [0.2, 0.25) is 0 Å². The van der Waals surface area contributed by atoms with E-state index >= 15 is 0 Å². The van der Waals surface area contributed by atoms with Gasteiger partial charge >= 0.3 is 0 Å². The van der Waals surface area contributed by atoms with Crippen molar-refractivity contribution >= 4 is 0 Å². The summed E-state index contributed by atoms with van der Waals surface area (Å²) in [5.41, 5.74) is 5.73. The normalized spacial score (nSPS) is 23.6. The summed E-state index contributed by atoms with van der Waals surface area (Å²) in [6, 6.07) is 0. The highest BCUT2D eigenvalue weighted by molar-refractivity contribution is 4.76. The van der Waals surface area contributed by atoms with Crippen molar-refractivity contribution in [3.05, 3.63) is 0 Å². The molecule has 126 valence electrons. The third-order valence-electron chi connectivity index (χ3n) is 4.49. The second-order valence-corrected chi connectivity index (χ2v) is 6.75. The molecule has 1 heterocycles. The van der Waals surface area contributed by atoms with Gasteiger partial charge in [0, 0.05) is 19.6 Å². The van der Waals surface area contributed by atoms with Crippen molar-refractivity contribution < 1.29 is 4.74 Å². The van der Waals surface area contributed by atoms with Crippen LogP contribution in [0.15, 0.2) is 0 Å². The van der Waals surface area contributed by atoms with Crippen LogP contribution in [0.3, 0.4) is 0 Å². The fraction of sp³-hybridized carbons (Fsp3) is 1.00. The number of hydrogen-bond donors (Lipinski definition) is 1. The van der Waals surface area contributed by atoms with E-state index in [1.165, 1.54) is 70.8 Å². The van der Waals surface area contributed by atoms with Gasteiger partial charge in [0.25, 0.3) is 0 Å². The van der Waals surface area contributed by atoms with E-state index in [0.717, 1.165) is 13.1 Å². The molecule has 2 N–H and O–H groups in total. The lowest BCUT2D eigenvalue weighted by Gasteiger charge is -2.36. The Morgan fingerprint density at radius 2 is 1.48 bits per heavy atom. The van der Waals surface area contributed by atoms with E-state index in [0.29, 0.717) is 12.6 Å². The van der Waals surface area contributed by atoms with Gasteiger partial charge in [0.15, 0.2) is 0 Å². The number of unbranched alkanes of at least 4 members (excludes halogenated alkanes) is 9. The molecule has 1 rings (SSSR count). The lowest BCUT2D eigenvalue weighted by Crippen LogP contribution is -2.49. The van der Waals surface area contributed by atoms with Crippen LogP contribution in [0.4, 0.5) is 0 Å². The number of nitrogens with zero attached hydrogens (tertiary/aromatic N) is 1. The standard InChI is InChI=1S/C18H38N2O/c1-3-4-5-6-7-8-9-10-11-12-13-20-15-17(2)21-18(14-19)16-20/h17-18H,3-16,19H2,1-2H3. The molecular formula is C18H38N2O. The summed E-state index contributed by atoms with van der Waals surface area (Å²) in [7, 11) is 0. The fourth-order valence-corrected chi connectivity index (χ4v) is 3.28. The quantitative estimate of drug-likeness (QED) is 0.554. The molecule has 0 aromatic rings. The average Bonchev–Trinajstić information content (AvgIpc) is 2.48. The van der Waals surface area contributed by atoms with Gasteiger partial charge in [-0.05, 0) is 19.9 Å². The Hall–Kier alpha value is -0.120. The molecule has 1 fully saturated rings. The largest absolute Gasteiger partial charge is 0.371 e. The van der Waals surface area contributed by atoms with Gasteiger partial charge in [-0.3, -0.25) is 4.90 Å². The molecule has 0 saturated carbocycles. The van der Waals surface area contributed by atoms with Crippen LogP contribution in [0.25, 0.3) is 0 Å². The van der Waals surface area contributed by atoms with Gasteiger partial charge in [-0.25, -0.2) is 0 Å². The number of morpholine rings is 1. The molecule has 1 saturated heterocycles. The van der Waals surface area contributed by atoms with E-state index in [4.69, 9.17) is 10.5 Å². The summed E-state index contributed by atoms with van der Waals surface area (Å²) < 4.78 is 5.80. The lowest BCUT2D eigenvalue weighted by atomic mass is 10.1. The second kappa shape index (κ2) is 12.4. The van der Waals surface area contributed by atoms with Crippen LogP contribution < -0.4 is 5.73 Å². The van der Waals surface area contributed by atoms with Crippen molar-refractivity contribution in [1.82, 2.24) is 4.90 Å². The molecule has 1 aliphatic rings. The van der Waals surface area contributed by atoms with Crippen LogP contribution >= 0.6 is 0 Å². The Bertz CT molecular complexity index is 235. The average molecular weight is 299 g/mol. The third kappa shape index (κ3) is 9.49. The fourth-order valence-electron chi connectivity index (χ4n) is 3.28. The van der Waals surface area contributed by atoms with Gasteiger partial charge in [-0.1, -0.05) is 64.7 Å². The Balaban J connectivity index is 1.89. The molecule has 0 bridgehead atoms. The van der Waals surface area contributed by atoms with Crippen molar-refractivity contribution in [1.29, 1.82) is 0 Å². The number of hydrogen-bond acceptors (Lipinski definition) is 3. The highest BCUT2D eigenvalue weighted by Crippen LogP contribution is 2.13. The minimum Gasteiger partial charge on any atom is -0.371 e. The van der Waals surface area contributed by atoms with E-state index in [9.17, 15) is 0 Å². The lowest BCUT2D eigenvalue weighted by molar-refractivity contribution is -0.0722. The monoisotopic (exact) mass is 298 g/mol. The van der Waals surface area contributed by atoms with Gasteiger partial charge in [-0.2, -0.15) is 0 Å². The minimum atomic E-state index is 0.247. The van der Waals surface area contributed by atoms with Crippen LogP contribution in [-0.4, -0.2) is 43.3 Å². The van der Waals surface area contributed by atoms with Gasteiger partial charge in [0.1, 0.15) is 0 Å². The zero-order chi connectivity index (χ0) is 15.3. The summed E-state index contributed by atoms with van der Waals surface area (Å²) in [4.78, 5) is 2.54. The number of rotatable bonds is 12. The van der Waals surface area contributed by atoms with Gasteiger partial charge in [-0.15, -0.1) is 0 Å². The molecule has 2 atom stereocenters. The van der Waals surface area contributed by atoms with E-state index < -0.39 is 0 Å². The molecule has 21 heavy (non-hydrogen) atoms. The Morgan fingerprint density at radius 3 is 2.05 bits per heavy atom. The zero-order valence-corrected chi connectivity index (χ0v) is 14.5. The van der Waals surface area contributed by atoms with E-state index in [1.807, 2.05) is 0 Å². The smallest absolute Gasteiger partial charge is 0.0828 e. The van der Waals surface area contributed by atoms with Crippen molar-refractivity contribution in [2.45, 2.75) is 90.3 Å². The topological polar surface area (TPSA) is 38.5 Å². The molecule has 0 radical (unpaired) electrons. The maximum absolute atomic E-state index is 5.80. The van der Waals surface area contributed by atoms with Crippen molar-refractivity contribution in [3.63, 3.8) is 0 Å². The summed E-state index contributed by atoms with van der Waals surface area (Å²) in [6.07, 6.45) is 14.7. The van der Waals surface area contributed by atoms with Crippen LogP contribution in [-0.2, 0) is 4.74 Å². The van der Waals surface area contributed by atoms with Crippen molar-refractivity contribution in [2.75, 3.05) is 26.2 Å². The molecule has 2 unspecified atom stereocenters. The maximum Gasteiger partial charge on any atom is 0.0828 e. The summed E-state index contributed by atoms with van der Waals surface area (Å²) in [5.74, 6) is 0. The summed E-state index contributed by atoms with van der Waals surface area (Å²) >= 11 is 0. The number of nitrogens with two attached hydrogens (primary N) is 1. The maximum atomic E-state index is 5.80. The highest BCUT2D eigenvalue weighted by atomic mass is 16.5. The van der Waals surface area contributed by atoms with Gasteiger partial charge in [0.05, 0.1) is 12.2 Å². The Labute approximate surface area is 132 Å². The van der Waals surface area contributed by atoms with E-state index in [-0.39, 0.29) is 6.10 Å². The highest BCUT2D eigenvalue weighted by Gasteiger charge is 2.23. The molecule has 3 nitrogen and oxygen atoms in total. The molecule has 0 aromatic carbocycles. The first-order chi connectivity index (χ1) is 10.3. The molecule has 3 heteroatoms. The second-order valence-electron chi connectivity index (χ2n) is 6.75. The van der Waals surface area contributed by atoms with Crippen LogP contribution in [0, 0.1) is 0 Å². The first-order valence-corrected chi connectivity index (χ1v) is 9.34. The molecule has 0 amide bonds. The third-order valence-corrected chi connectivity index (χ3v) is 4.49. The first kappa shape index (κ1) is 18.9. The predicted molar refractivity (Wildman–Crippen MR) is 91.7 cm³/mol. The van der Waals surface area contributed by atoms with E-state index in [1.54, 1.807) is 0 Å². The van der Waals surface area contributed by atoms with Crippen LogP contribution in [0.1, 0.15) is 78.1 Å². The Kier molecular flexibility index (Phi) is 11.2. The van der Waals surface area contributed by atoms with Crippen molar-refractivity contribution in [3.8, 4) is 0 Å². The minimum absolute atomic E-state index is 0.247. The van der Waals surface area contributed by atoms with Gasteiger partial charge < -0.3 is 10.5 Å². The van der Waals surface area contributed by atoms with Crippen molar-refractivity contribution in [2.24, 2.45) is 5.73 Å². The molecular weight excluding hydrogens is 260 g/mol. The van der Waals surface area contributed by atoms with Crippen LogP contribution in [0.2, 0.25) is 0 Å². The molecule has 0 aliphatic carbocycles. The SMILES string of the molecule is CCCCCCCCCCCCN1CC(C)OC(CN)C1. The zero-order valence-electron chi connectivity index (χ0n) is 14.5. The van der Waals surface area contributed by atoms with E-state index in [2.05, 4.69) is 18.7 Å². The predicted octanol–water partition coefficient (Wildman–Crippen LogP) is 3.96. The molecule has 0 aromatic heterocycles.